The summed E-state index contributed by atoms with van der Waals surface area (Å²) in [5, 5.41) is 12.6. The molecule has 5 nitrogen and oxygen atoms in total. The van der Waals surface area contributed by atoms with Gasteiger partial charge in [-0.2, -0.15) is 0 Å². The van der Waals surface area contributed by atoms with E-state index in [1.807, 2.05) is 13.8 Å². The Morgan fingerprint density at radius 2 is 1.17 bits per heavy atom. The molecular formula is C25H49NO4. The molecule has 1 saturated heterocycles. The molecule has 5 heteroatoms. The van der Waals surface area contributed by atoms with Gasteiger partial charge in [0.2, 0.25) is 5.91 Å². The summed E-state index contributed by atoms with van der Waals surface area (Å²) < 4.78 is 11.2. The van der Waals surface area contributed by atoms with E-state index in [1.165, 1.54) is 83.5 Å². The fraction of sp³-hybridized carbons (Fsp3) is 0.960. The maximum atomic E-state index is 12.2. The van der Waals surface area contributed by atoms with Crippen molar-refractivity contribution in [1.82, 2.24) is 5.32 Å². The van der Waals surface area contributed by atoms with Gasteiger partial charge in [-0.1, -0.05) is 96.8 Å². The van der Waals surface area contributed by atoms with Gasteiger partial charge < -0.3 is 19.9 Å². The van der Waals surface area contributed by atoms with E-state index in [9.17, 15) is 9.90 Å². The van der Waals surface area contributed by atoms with Crippen LogP contribution < -0.4 is 5.32 Å². The summed E-state index contributed by atoms with van der Waals surface area (Å²) in [6, 6.07) is 0. The Labute approximate surface area is 185 Å². The number of aliphatic hydroxyl groups is 1. The van der Waals surface area contributed by atoms with Crippen molar-refractivity contribution in [3.63, 3.8) is 0 Å². The molecular weight excluding hydrogens is 378 g/mol. The van der Waals surface area contributed by atoms with Crippen molar-refractivity contribution in [2.45, 2.75) is 135 Å². The zero-order valence-corrected chi connectivity index (χ0v) is 20.1. The Balaban J connectivity index is 1.91. The van der Waals surface area contributed by atoms with Crippen LogP contribution in [0.25, 0.3) is 0 Å². The first kappa shape index (κ1) is 27.4. The van der Waals surface area contributed by atoms with Crippen molar-refractivity contribution in [1.29, 1.82) is 0 Å². The molecule has 0 radical (unpaired) electrons. The Morgan fingerprint density at radius 3 is 1.57 bits per heavy atom. The molecule has 0 aromatic rings. The van der Waals surface area contributed by atoms with E-state index in [0.29, 0.717) is 6.42 Å². The van der Waals surface area contributed by atoms with Crippen LogP contribution in [0.15, 0.2) is 0 Å². The van der Waals surface area contributed by atoms with E-state index >= 15 is 0 Å². The third kappa shape index (κ3) is 12.9. The second-order valence-corrected chi connectivity index (χ2v) is 9.66. The smallest absolute Gasteiger partial charge is 0.220 e. The topological polar surface area (TPSA) is 67.8 Å². The lowest BCUT2D eigenvalue weighted by molar-refractivity contribution is -0.274. The standard InChI is InChI=1S/C25H49NO4/c1-4-5-6-7-8-9-10-11-12-13-14-15-16-17-18-19-23(28)26-25(20-27)21-29-24(2,3)30-22-25/h27H,4-22H2,1-3H3,(H,26,28). The highest BCUT2D eigenvalue weighted by Crippen LogP contribution is 2.23. The molecule has 1 fully saturated rings. The van der Waals surface area contributed by atoms with Gasteiger partial charge in [-0.15, -0.1) is 0 Å². The minimum atomic E-state index is -0.803. The number of amides is 1. The molecule has 0 aliphatic carbocycles. The highest BCUT2D eigenvalue weighted by atomic mass is 16.7. The molecule has 1 aliphatic heterocycles. The molecule has 1 heterocycles. The number of hydrogen-bond donors (Lipinski definition) is 2. The summed E-state index contributed by atoms with van der Waals surface area (Å²) in [4.78, 5) is 12.2. The summed E-state index contributed by atoms with van der Waals surface area (Å²) in [5.74, 6) is -0.678. The number of nitrogens with one attached hydrogen (secondary N) is 1. The van der Waals surface area contributed by atoms with E-state index in [-0.39, 0.29) is 25.7 Å². The summed E-state index contributed by atoms with van der Waals surface area (Å²) in [6.07, 6.45) is 20.2. The van der Waals surface area contributed by atoms with Gasteiger partial charge in [-0.25, -0.2) is 0 Å². The second-order valence-electron chi connectivity index (χ2n) is 9.66. The van der Waals surface area contributed by atoms with Crippen LogP contribution in [0.3, 0.4) is 0 Å². The molecule has 2 N–H and O–H groups in total. The van der Waals surface area contributed by atoms with Gasteiger partial charge in [-0.3, -0.25) is 4.79 Å². The zero-order chi connectivity index (χ0) is 22.1. The van der Waals surface area contributed by atoms with Crippen LogP contribution in [-0.4, -0.2) is 42.2 Å². The van der Waals surface area contributed by atoms with Gasteiger partial charge in [0, 0.05) is 6.42 Å². The average molecular weight is 428 g/mol. The molecule has 178 valence electrons. The van der Waals surface area contributed by atoms with Crippen molar-refractivity contribution in [3.8, 4) is 0 Å². The van der Waals surface area contributed by atoms with E-state index in [1.54, 1.807) is 0 Å². The molecule has 30 heavy (non-hydrogen) atoms. The van der Waals surface area contributed by atoms with Crippen LogP contribution in [-0.2, 0) is 14.3 Å². The van der Waals surface area contributed by atoms with Crippen LogP contribution in [0.2, 0.25) is 0 Å². The van der Waals surface area contributed by atoms with Crippen LogP contribution in [0.5, 0.6) is 0 Å². The second kappa shape index (κ2) is 16.0. The molecule has 1 amide bonds. The first-order valence-electron chi connectivity index (χ1n) is 12.6. The summed E-state index contributed by atoms with van der Waals surface area (Å²) in [5.41, 5.74) is -0.803. The van der Waals surface area contributed by atoms with E-state index in [2.05, 4.69) is 12.2 Å². The van der Waals surface area contributed by atoms with Crippen LogP contribution in [0.1, 0.15) is 124 Å². The number of unbranched alkanes of at least 4 members (excludes halogenated alkanes) is 14. The Morgan fingerprint density at radius 1 is 0.767 bits per heavy atom. The van der Waals surface area contributed by atoms with Gasteiger partial charge >= 0.3 is 0 Å². The van der Waals surface area contributed by atoms with Crippen molar-refractivity contribution < 1.29 is 19.4 Å². The van der Waals surface area contributed by atoms with Crippen LogP contribution >= 0.6 is 0 Å². The highest BCUT2D eigenvalue weighted by Gasteiger charge is 2.40. The number of carbonyl (C=O) groups is 1. The first-order chi connectivity index (χ1) is 14.4. The lowest BCUT2D eigenvalue weighted by Gasteiger charge is -2.42. The lowest BCUT2D eigenvalue weighted by Crippen LogP contribution is -2.63. The van der Waals surface area contributed by atoms with Crippen molar-refractivity contribution in [2.75, 3.05) is 19.8 Å². The van der Waals surface area contributed by atoms with Gasteiger partial charge in [-0.05, 0) is 20.3 Å². The fourth-order valence-electron chi connectivity index (χ4n) is 3.93. The van der Waals surface area contributed by atoms with Gasteiger partial charge in [0.05, 0.1) is 19.8 Å². The molecule has 0 bridgehead atoms. The molecule has 0 unspecified atom stereocenters. The largest absolute Gasteiger partial charge is 0.394 e. The minimum Gasteiger partial charge on any atom is -0.394 e. The van der Waals surface area contributed by atoms with Crippen LogP contribution in [0.4, 0.5) is 0 Å². The summed E-state index contributed by atoms with van der Waals surface area (Å²) in [7, 11) is 0. The molecule has 0 atom stereocenters. The fourth-order valence-corrected chi connectivity index (χ4v) is 3.93. The van der Waals surface area contributed by atoms with Crippen LogP contribution in [0, 0.1) is 0 Å². The molecule has 0 aromatic carbocycles. The Kier molecular flexibility index (Phi) is 14.6. The lowest BCUT2D eigenvalue weighted by atomic mass is 10.0. The summed E-state index contributed by atoms with van der Waals surface area (Å²) in [6.45, 7) is 6.33. The number of carbonyl (C=O) groups excluding carboxylic acids is 1. The zero-order valence-electron chi connectivity index (χ0n) is 20.1. The predicted octanol–water partition coefficient (Wildman–Crippen LogP) is 5.88. The summed E-state index contributed by atoms with van der Waals surface area (Å²) >= 11 is 0. The maximum Gasteiger partial charge on any atom is 0.220 e. The Hall–Kier alpha value is -0.650. The average Bonchev–Trinajstić information content (AvgIpc) is 2.72. The molecule has 1 rings (SSSR count). The van der Waals surface area contributed by atoms with Gasteiger partial charge in [0.25, 0.3) is 0 Å². The Bertz CT molecular complexity index is 429. The number of ether oxygens (including phenoxy) is 2. The molecule has 1 aliphatic rings. The number of hydrogen-bond acceptors (Lipinski definition) is 4. The minimum absolute atomic E-state index is 0.0225. The normalized spacial score (nSPS) is 17.7. The maximum absolute atomic E-state index is 12.2. The predicted molar refractivity (Wildman–Crippen MR) is 123 cm³/mol. The number of aliphatic hydroxyl groups excluding tert-OH is 1. The third-order valence-corrected chi connectivity index (χ3v) is 6.11. The molecule has 0 spiro atoms. The monoisotopic (exact) mass is 427 g/mol. The molecule has 0 aromatic heterocycles. The number of rotatable bonds is 18. The molecule has 0 saturated carbocycles. The highest BCUT2D eigenvalue weighted by molar-refractivity contribution is 5.76. The van der Waals surface area contributed by atoms with E-state index in [4.69, 9.17) is 9.47 Å². The third-order valence-electron chi connectivity index (χ3n) is 6.11. The van der Waals surface area contributed by atoms with Crippen molar-refractivity contribution in [2.24, 2.45) is 0 Å². The van der Waals surface area contributed by atoms with E-state index < -0.39 is 11.3 Å². The van der Waals surface area contributed by atoms with Gasteiger partial charge in [0.15, 0.2) is 5.79 Å². The van der Waals surface area contributed by atoms with Crippen molar-refractivity contribution in [3.05, 3.63) is 0 Å². The first-order valence-corrected chi connectivity index (χ1v) is 12.6. The van der Waals surface area contributed by atoms with Crippen molar-refractivity contribution >= 4 is 5.91 Å². The SMILES string of the molecule is CCCCCCCCCCCCCCCCCC(=O)NC1(CO)COC(C)(C)OC1. The quantitative estimate of drug-likeness (QED) is 0.268. The van der Waals surface area contributed by atoms with Gasteiger partial charge in [0.1, 0.15) is 5.54 Å². The van der Waals surface area contributed by atoms with E-state index in [0.717, 1.165) is 12.8 Å².